The molecule has 0 aliphatic heterocycles. The number of rotatable bonds is 5. The molecule has 2 aromatic rings. The van der Waals surface area contributed by atoms with E-state index in [4.69, 9.17) is 5.73 Å². The van der Waals surface area contributed by atoms with E-state index >= 15 is 0 Å². The molecule has 0 aliphatic rings. The highest BCUT2D eigenvalue weighted by atomic mass is 35.5. The molecule has 0 atom stereocenters. The summed E-state index contributed by atoms with van der Waals surface area (Å²) in [6.45, 7) is 5.28. The summed E-state index contributed by atoms with van der Waals surface area (Å²) in [5, 5.41) is 4.16. The number of hydrogen-bond acceptors (Lipinski definition) is 3. The number of nitrogens with zero attached hydrogens (tertiary/aromatic N) is 3. The molecule has 0 bridgehead atoms. The average Bonchev–Trinajstić information content (AvgIpc) is 3.00. The van der Waals surface area contributed by atoms with Gasteiger partial charge in [0.05, 0.1) is 5.69 Å². The minimum Gasteiger partial charge on any atom is -0.341 e. The highest BCUT2D eigenvalue weighted by Crippen LogP contribution is 2.16. The van der Waals surface area contributed by atoms with E-state index in [9.17, 15) is 4.79 Å². The van der Waals surface area contributed by atoms with Crippen LogP contribution in [-0.4, -0.2) is 40.7 Å². The van der Waals surface area contributed by atoms with Crippen molar-refractivity contribution >= 4 is 18.3 Å². The van der Waals surface area contributed by atoms with E-state index < -0.39 is 0 Å². The summed E-state index contributed by atoms with van der Waals surface area (Å²) in [4.78, 5) is 14.1. The summed E-state index contributed by atoms with van der Waals surface area (Å²) in [5.41, 5.74) is 7.24. The molecule has 0 unspecified atom stereocenters. The van der Waals surface area contributed by atoms with Crippen molar-refractivity contribution < 1.29 is 4.79 Å². The quantitative estimate of drug-likeness (QED) is 0.919. The van der Waals surface area contributed by atoms with Gasteiger partial charge in [0.25, 0.3) is 5.91 Å². The molecule has 1 amide bonds. The Balaban J connectivity index is 0.00000242. The van der Waals surface area contributed by atoms with Crippen LogP contribution in [0.2, 0.25) is 0 Å². The third-order valence-corrected chi connectivity index (χ3v) is 3.45. The van der Waals surface area contributed by atoms with Crippen molar-refractivity contribution in [1.29, 1.82) is 0 Å². The van der Waals surface area contributed by atoms with Crippen LogP contribution in [0.1, 0.15) is 24.2 Å². The molecule has 0 spiro atoms. The molecule has 1 heterocycles. The molecule has 120 valence electrons. The molecule has 5 nitrogen and oxygen atoms in total. The molecule has 0 saturated carbocycles. The summed E-state index contributed by atoms with van der Waals surface area (Å²) >= 11 is 0. The topological polar surface area (TPSA) is 64.2 Å². The van der Waals surface area contributed by atoms with Crippen LogP contribution in [0.15, 0.2) is 42.7 Å². The van der Waals surface area contributed by atoms with Crippen LogP contribution in [0.5, 0.6) is 0 Å². The van der Waals surface area contributed by atoms with Crippen molar-refractivity contribution in [1.82, 2.24) is 14.7 Å². The van der Waals surface area contributed by atoms with Gasteiger partial charge in [-0.15, -0.1) is 12.4 Å². The molecule has 0 radical (unpaired) electrons. The Labute approximate surface area is 137 Å². The molecule has 0 saturated heterocycles. The van der Waals surface area contributed by atoms with Gasteiger partial charge in [0.2, 0.25) is 0 Å². The van der Waals surface area contributed by atoms with Crippen LogP contribution < -0.4 is 5.73 Å². The van der Waals surface area contributed by atoms with E-state index in [1.165, 1.54) is 0 Å². The zero-order valence-corrected chi connectivity index (χ0v) is 14.0. The Morgan fingerprint density at radius 2 is 1.95 bits per heavy atom. The zero-order chi connectivity index (χ0) is 15.5. The molecule has 0 fully saturated rings. The highest BCUT2D eigenvalue weighted by Gasteiger charge is 2.21. The molecule has 0 aliphatic carbocycles. The van der Waals surface area contributed by atoms with E-state index in [1.807, 2.05) is 36.5 Å². The van der Waals surface area contributed by atoms with E-state index in [2.05, 4.69) is 18.9 Å². The van der Waals surface area contributed by atoms with Gasteiger partial charge >= 0.3 is 0 Å². The number of carbonyl (C=O) groups excluding carboxylic acids is 1. The minimum absolute atomic E-state index is 0. The summed E-state index contributed by atoms with van der Waals surface area (Å²) in [6, 6.07) is 9.29. The van der Waals surface area contributed by atoms with E-state index in [0.29, 0.717) is 18.7 Å². The van der Waals surface area contributed by atoms with Crippen molar-refractivity contribution in [2.75, 3.05) is 20.1 Å². The molecular weight excluding hydrogens is 300 g/mol. The Morgan fingerprint density at radius 3 is 2.45 bits per heavy atom. The zero-order valence-electron chi connectivity index (χ0n) is 13.2. The predicted molar refractivity (Wildman–Crippen MR) is 90.6 cm³/mol. The fourth-order valence-corrected chi connectivity index (χ4v) is 2.18. The van der Waals surface area contributed by atoms with Crippen LogP contribution in [-0.2, 0) is 0 Å². The smallest absolute Gasteiger partial charge is 0.253 e. The number of amides is 1. The Hall–Kier alpha value is -1.85. The summed E-state index contributed by atoms with van der Waals surface area (Å²) in [7, 11) is 1.81. The third kappa shape index (κ3) is 4.32. The number of carbonyl (C=O) groups is 1. The van der Waals surface area contributed by atoms with Crippen LogP contribution in [0, 0.1) is 5.41 Å². The Kier molecular flexibility index (Phi) is 6.14. The van der Waals surface area contributed by atoms with Gasteiger partial charge in [-0.05, 0) is 42.3 Å². The van der Waals surface area contributed by atoms with Gasteiger partial charge in [0.15, 0.2) is 0 Å². The third-order valence-electron chi connectivity index (χ3n) is 3.45. The maximum atomic E-state index is 12.4. The first-order valence-corrected chi connectivity index (χ1v) is 6.98. The molecule has 2 N–H and O–H groups in total. The monoisotopic (exact) mass is 322 g/mol. The fraction of sp³-hybridized carbons (Fsp3) is 0.375. The molecule has 22 heavy (non-hydrogen) atoms. The molecular formula is C16H23ClN4O. The average molecular weight is 323 g/mol. The largest absolute Gasteiger partial charge is 0.341 e. The summed E-state index contributed by atoms with van der Waals surface area (Å²) < 4.78 is 1.76. The first kappa shape index (κ1) is 18.2. The Bertz CT molecular complexity index is 593. The summed E-state index contributed by atoms with van der Waals surface area (Å²) in [6.07, 6.45) is 3.59. The van der Waals surface area contributed by atoms with E-state index in [1.54, 1.807) is 22.8 Å². The molecule has 1 aromatic heterocycles. The second-order valence-corrected chi connectivity index (χ2v) is 6.03. The molecule has 2 rings (SSSR count). The minimum atomic E-state index is -0.0839. The SMILES string of the molecule is CN(CC(C)(C)CN)C(=O)c1ccc(-n2cccn2)cc1.Cl. The second-order valence-electron chi connectivity index (χ2n) is 6.03. The van der Waals surface area contributed by atoms with Gasteiger partial charge in [0, 0.05) is 31.5 Å². The lowest BCUT2D eigenvalue weighted by atomic mass is 9.93. The normalized spacial score (nSPS) is 10.9. The van der Waals surface area contributed by atoms with Gasteiger partial charge < -0.3 is 10.6 Å². The number of aromatic nitrogens is 2. The molecule has 6 heteroatoms. The van der Waals surface area contributed by atoms with Crippen LogP contribution in [0.25, 0.3) is 5.69 Å². The van der Waals surface area contributed by atoms with Crippen LogP contribution in [0.4, 0.5) is 0 Å². The van der Waals surface area contributed by atoms with Gasteiger partial charge in [-0.25, -0.2) is 4.68 Å². The summed E-state index contributed by atoms with van der Waals surface area (Å²) in [5.74, 6) is 0.00328. The van der Waals surface area contributed by atoms with Crippen molar-refractivity contribution in [2.45, 2.75) is 13.8 Å². The fourth-order valence-electron chi connectivity index (χ4n) is 2.18. The van der Waals surface area contributed by atoms with Crippen molar-refractivity contribution in [2.24, 2.45) is 11.1 Å². The maximum Gasteiger partial charge on any atom is 0.253 e. The molecule has 1 aromatic carbocycles. The van der Waals surface area contributed by atoms with E-state index in [0.717, 1.165) is 5.69 Å². The van der Waals surface area contributed by atoms with Gasteiger partial charge in [-0.1, -0.05) is 13.8 Å². The number of hydrogen-bond donors (Lipinski definition) is 1. The second kappa shape index (κ2) is 7.42. The highest BCUT2D eigenvalue weighted by molar-refractivity contribution is 5.94. The van der Waals surface area contributed by atoms with Crippen molar-refractivity contribution in [3.05, 3.63) is 48.3 Å². The standard InChI is InChI=1S/C16H22N4O.ClH/c1-16(2,11-17)12-19(3)15(21)13-5-7-14(8-6-13)20-10-4-9-18-20;/h4-10H,11-12,17H2,1-3H3;1H. The van der Waals surface area contributed by atoms with Crippen molar-refractivity contribution in [3.8, 4) is 5.69 Å². The van der Waals surface area contributed by atoms with E-state index in [-0.39, 0.29) is 23.7 Å². The van der Waals surface area contributed by atoms with Gasteiger partial charge in [-0.2, -0.15) is 5.10 Å². The lowest BCUT2D eigenvalue weighted by Crippen LogP contribution is -2.39. The lowest BCUT2D eigenvalue weighted by molar-refractivity contribution is 0.0740. The van der Waals surface area contributed by atoms with Crippen molar-refractivity contribution in [3.63, 3.8) is 0 Å². The van der Waals surface area contributed by atoms with Gasteiger partial charge in [0.1, 0.15) is 0 Å². The van der Waals surface area contributed by atoms with Crippen LogP contribution >= 0.6 is 12.4 Å². The predicted octanol–water partition coefficient (Wildman–Crippen LogP) is 2.35. The maximum absolute atomic E-state index is 12.4. The number of nitrogens with two attached hydrogens (primary N) is 1. The number of halogens is 1. The number of benzene rings is 1. The van der Waals surface area contributed by atoms with Crippen LogP contribution in [0.3, 0.4) is 0 Å². The van der Waals surface area contributed by atoms with Gasteiger partial charge in [-0.3, -0.25) is 4.79 Å². The first-order valence-electron chi connectivity index (χ1n) is 6.98. The lowest BCUT2D eigenvalue weighted by Gasteiger charge is -2.29. The Morgan fingerprint density at radius 1 is 1.32 bits per heavy atom. The first-order chi connectivity index (χ1) is 9.93.